The molecule has 0 aliphatic carbocycles. The van der Waals surface area contributed by atoms with Gasteiger partial charge in [0, 0.05) is 12.1 Å². The van der Waals surface area contributed by atoms with Gasteiger partial charge in [0.25, 0.3) is 0 Å². The fourth-order valence-electron chi connectivity index (χ4n) is 1.36. The minimum Gasteiger partial charge on any atom is -0.392 e. The maximum atomic E-state index is 9.75. The van der Waals surface area contributed by atoms with Crippen LogP contribution in [0.1, 0.15) is 41.5 Å². The number of hydrogen-bond donors (Lipinski definition) is 2. The Labute approximate surface area is 94.8 Å². The molecule has 15 heavy (non-hydrogen) atoms. The smallest absolute Gasteiger partial charge is 0.0687 e. The number of allylic oxidation sites excluding steroid dienone is 1. The Kier molecular flexibility index (Phi) is 6.15. The van der Waals surface area contributed by atoms with E-state index in [2.05, 4.69) is 38.2 Å². The monoisotopic (exact) mass is 213 g/mol. The molecule has 0 saturated heterocycles. The summed E-state index contributed by atoms with van der Waals surface area (Å²) in [6, 6.07) is 0. The Balaban J connectivity index is 4.31. The summed E-state index contributed by atoms with van der Waals surface area (Å²) in [5.41, 5.74) is -0.0232. The third-order valence-electron chi connectivity index (χ3n) is 3.17. The van der Waals surface area contributed by atoms with Gasteiger partial charge in [0.15, 0.2) is 0 Å². The van der Waals surface area contributed by atoms with E-state index >= 15 is 0 Å². The molecular weight excluding hydrogens is 186 g/mol. The molecule has 0 saturated carbocycles. The molecule has 90 valence electrons. The summed E-state index contributed by atoms with van der Waals surface area (Å²) in [5.74, 6) is 0.813. The number of β-amino-alcohol motifs (C(OH)–C–C–N with tert-alkyl or cyclic N) is 1. The second kappa shape index (κ2) is 6.29. The van der Waals surface area contributed by atoms with Crippen LogP contribution in [-0.4, -0.2) is 23.3 Å². The Hall–Kier alpha value is -0.340. The lowest BCUT2D eigenvalue weighted by molar-refractivity contribution is 0.112. The predicted octanol–water partition coefficient (Wildman–Crippen LogP) is 2.58. The molecule has 2 nitrogen and oxygen atoms in total. The SMILES string of the molecule is CC=CC(C)(NCC(O)C(C)C)C(C)C. The van der Waals surface area contributed by atoms with Crippen LogP contribution in [0.4, 0.5) is 0 Å². The molecule has 0 aliphatic rings. The van der Waals surface area contributed by atoms with Crippen molar-refractivity contribution >= 4 is 0 Å². The molecule has 0 aromatic rings. The summed E-state index contributed by atoms with van der Waals surface area (Å²) in [6.45, 7) is 13.3. The van der Waals surface area contributed by atoms with Crippen molar-refractivity contribution in [3.63, 3.8) is 0 Å². The van der Waals surface area contributed by atoms with Crippen LogP contribution in [0.3, 0.4) is 0 Å². The van der Waals surface area contributed by atoms with Crippen molar-refractivity contribution in [2.24, 2.45) is 11.8 Å². The van der Waals surface area contributed by atoms with Crippen LogP contribution in [0, 0.1) is 11.8 Å². The lowest BCUT2D eigenvalue weighted by atomic mass is 9.87. The van der Waals surface area contributed by atoms with Crippen LogP contribution in [0.25, 0.3) is 0 Å². The van der Waals surface area contributed by atoms with Crippen LogP contribution in [-0.2, 0) is 0 Å². The van der Waals surface area contributed by atoms with Crippen molar-refractivity contribution in [1.82, 2.24) is 5.32 Å². The van der Waals surface area contributed by atoms with Gasteiger partial charge in [0.1, 0.15) is 0 Å². The third-order valence-corrected chi connectivity index (χ3v) is 3.17. The normalized spacial score (nSPS) is 18.7. The predicted molar refractivity (Wildman–Crippen MR) is 66.9 cm³/mol. The molecule has 0 bridgehead atoms. The highest BCUT2D eigenvalue weighted by atomic mass is 16.3. The molecule has 0 aliphatic heterocycles. The fraction of sp³-hybridized carbons (Fsp3) is 0.846. The topological polar surface area (TPSA) is 32.3 Å². The van der Waals surface area contributed by atoms with E-state index < -0.39 is 0 Å². The quantitative estimate of drug-likeness (QED) is 0.665. The summed E-state index contributed by atoms with van der Waals surface area (Å²) in [7, 11) is 0. The van der Waals surface area contributed by atoms with Crippen molar-refractivity contribution < 1.29 is 5.11 Å². The molecule has 0 rings (SSSR count). The summed E-state index contributed by atoms with van der Waals surface area (Å²) in [5, 5.41) is 13.2. The number of aliphatic hydroxyl groups is 1. The molecule has 0 aromatic heterocycles. The molecule has 2 unspecified atom stereocenters. The van der Waals surface area contributed by atoms with E-state index in [1.165, 1.54) is 0 Å². The number of hydrogen-bond acceptors (Lipinski definition) is 2. The van der Waals surface area contributed by atoms with E-state index in [0.29, 0.717) is 18.4 Å². The van der Waals surface area contributed by atoms with E-state index in [-0.39, 0.29) is 11.6 Å². The maximum absolute atomic E-state index is 9.75. The molecule has 0 aromatic carbocycles. The van der Waals surface area contributed by atoms with E-state index in [0.717, 1.165) is 0 Å². The van der Waals surface area contributed by atoms with Crippen LogP contribution in [0.2, 0.25) is 0 Å². The van der Waals surface area contributed by atoms with E-state index in [4.69, 9.17) is 0 Å². The lowest BCUT2D eigenvalue weighted by Crippen LogP contribution is -2.48. The van der Waals surface area contributed by atoms with Crippen molar-refractivity contribution in [1.29, 1.82) is 0 Å². The minimum atomic E-state index is -0.270. The molecule has 2 heteroatoms. The standard InChI is InChI=1S/C13H27NO/c1-7-8-13(6,11(4)5)14-9-12(15)10(2)3/h7-8,10-12,14-15H,9H2,1-6H3. The van der Waals surface area contributed by atoms with Crippen LogP contribution in [0.5, 0.6) is 0 Å². The summed E-state index contributed by atoms with van der Waals surface area (Å²) in [6.07, 6.45) is 3.97. The molecule has 0 spiro atoms. The largest absolute Gasteiger partial charge is 0.392 e. The van der Waals surface area contributed by atoms with Crippen LogP contribution >= 0.6 is 0 Å². The highest BCUT2D eigenvalue weighted by molar-refractivity contribution is 5.05. The number of nitrogens with one attached hydrogen (secondary N) is 1. The zero-order valence-electron chi connectivity index (χ0n) is 11.0. The minimum absolute atomic E-state index is 0.0232. The molecule has 2 atom stereocenters. The number of rotatable bonds is 6. The van der Waals surface area contributed by atoms with Gasteiger partial charge in [-0.2, -0.15) is 0 Å². The van der Waals surface area contributed by atoms with Gasteiger partial charge >= 0.3 is 0 Å². The van der Waals surface area contributed by atoms with Gasteiger partial charge < -0.3 is 10.4 Å². The van der Waals surface area contributed by atoms with Gasteiger partial charge in [0.05, 0.1) is 6.10 Å². The summed E-state index contributed by atoms with van der Waals surface area (Å²) >= 11 is 0. The first-order chi connectivity index (χ1) is 6.83. The van der Waals surface area contributed by atoms with Gasteiger partial charge in [-0.3, -0.25) is 0 Å². The second-order valence-corrected chi connectivity index (χ2v) is 5.13. The zero-order valence-corrected chi connectivity index (χ0v) is 11.0. The highest BCUT2D eigenvalue weighted by Gasteiger charge is 2.25. The first kappa shape index (κ1) is 14.7. The van der Waals surface area contributed by atoms with E-state index in [1.807, 2.05) is 20.8 Å². The third kappa shape index (κ3) is 4.80. The Morgan fingerprint density at radius 2 is 1.80 bits per heavy atom. The van der Waals surface area contributed by atoms with Crippen molar-refractivity contribution in [3.8, 4) is 0 Å². The first-order valence-corrected chi connectivity index (χ1v) is 5.90. The van der Waals surface area contributed by atoms with Gasteiger partial charge in [-0.15, -0.1) is 0 Å². The first-order valence-electron chi connectivity index (χ1n) is 5.90. The molecule has 0 heterocycles. The Bertz CT molecular complexity index is 199. The second-order valence-electron chi connectivity index (χ2n) is 5.13. The van der Waals surface area contributed by atoms with Crippen LogP contribution < -0.4 is 5.32 Å². The maximum Gasteiger partial charge on any atom is 0.0687 e. The summed E-state index contributed by atoms with van der Waals surface area (Å²) in [4.78, 5) is 0. The highest BCUT2D eigenvalue weighted by Crippen LogP contribution is 2.18. The average Bonchev–Trinajstić information content (AvgIpc) is 2.14. The molecular formula is C13H27NO. The summed E-state index contributed by atoms with van der Waals surface area (Å²) < 4.78 is 0. The van der Waals surface area contributed by atoms with E-state index in [9.17, 15) is 5.11 Å². The fourth-order valence-corrected chi connectivity index (χ4v) is 1.36. The molecule has 0 amide bonds. The van der Waals surface area contributed by atoms with E-state index in [1.54, 1.807) is 0 Å². The van der Waals surface area contributed by atoms with Crippen molar-refractivity contribution in [2.75, 3.05) is 6.54 Å². The molecule has 0 fully saturated rings. The van der Waals surface area contributed by atoms with Crippen molar-refractivity contribution in [3.05, 3.63) is 12.2 Å². The van der Waals surface area contributed by atoms with Crippen molar-refractivity contribution in [2.45, 2.75) is 53.2 Å². The Morgan fingerprint density at radius 1 is 1.27 bits per heavy atom. The molecule has 2 N–H and O–H groups in total. The number of aliphatic hydroxyl groups excluding tert-OH is 1. The van der Waals surface area contributed by atoms with Gasteiger partial charge in [-0.25, -0.2) is 0 Å². The van der Waals surface area contributed by atoms with Gasteiger partial charge in [-0.05, 0) is 25.7 Å². The van der Waals surface area contributed by atoms with Gasteiger partial charge in [-0.1, -0.05) is 39.8 Å². The lowest BCUT2D eigenvalue weighted by Gasteiger charge is -2.33. The van der Waals surface area contributed by atoms with Crippen LogP contribution in [0.15, 0.2) is 12.2 Å². The zero-order chi connectivity index (χ0) is 12.1. The molecule has 0 radical (unpaired) electrons. The Morgan fingerprint density at radius 3 is 2.13 bits per heavy atom. The van der Waals surface area contributed by atoms with Gasteiger partial charge in [0.2, 0.25) is 0 Å². The average molecular weight is 213 g/mol.